The van der Waals surface area contributed by atoms with Crippen molar-refractivity contribution in [3.63, 3.8) is 0 Å². The molecule has 1 aromatic carbocycles. The van der Waals surface area contributed by atoms with Crippen molar-refractivity contribution in [3.8, 4) is 5.75 Å². The molecule has 6 heteroatoms. The number of hydrogen-bond donors (Lipinski definition) is 1. The van der Waals surface area contributed by atoms with Gasteiger partial charge in [0.25, 0.3) is 0 Å². The molecule has 2 rings (SSSR count). The fourth-order valence-electron chi connectivity index (χ4n) is 1.48. The summed E-state index contributed by atoms with van der Waals surface area (Å²) >= 11 is 0. The fourth-order valence-corrected chi connectivity index (χ4v) is 1.48. The molecule has 0 unspecified atom stereocenters. The maximum atomic E-state index is 10.9. The second-order valence-electron chi connectivity index (χ2n) is 3.76. The normalized spacial score (nSPS) is 10.2. The van der Waals surface area contributed by atoms with E-state index < -0.39 is 5.91 Å². The number of primary amides is 1. The Morgan fingerprint density at radius 3 is 2.72 bits per heavy atom. The van der Waals surface area contributed by atoms with Gasteiger partial charge in [0.15, 0.2) is 0 Å². The van der Waals surface area contributed by atoms with Gasteiger partial charge in [0.2, 0.25) is 5.91 Å². The van der Waals surface area contributed by atoms with Crippen molar-refractivity contribution >= 4 is 5.91 Å². The molecule has 94 valence electrons. The highest BCUT2D eigenvalue weighted by atomic mass is 16.5. The number of hydrogen-bond acceptors (Lipinski definition) is 4. The highest BCUT2D eigenvalue weighted by Crippen LogP contribution is 2.12. The highest BCUT2D eigenvalue weighted by molar-refractivity contribution is 5.92. The third kappa shape index (κ3) is 3.31. The van der Waals surface area contributed by atoms with E-state index in [1.807, 2.05) is 6.20 Å². The summed E-state index contributed by atoms with van der Waals surface area (Å²) in [4.78, 5) is 10.9. The predicted molar refractivity (Wildman–Crippen MR) is 65.1 cm³/mol. The monoisotopic (exact) mass is 246 g/mol. The van der Waals surface area contributed by atoms with Crippen LogP contribution in [-0.4, -0.2) is 27.5 Å². The van der Waals surface area contributed by atoms with Crippen LogP contribution in [0.4, 0.5) is 0 Å². The number of nitrogens with zero attached hydrogens (tertiary/aromatic N) is 3. The molecule has 0 fully saturated rings. The van der Waals surface area contributed by atoms with Crippen molar-refractivity contribution in [1.82, 2.24) is 15.0 Å². The van der Waals surface area contributed by atoms with Gasteiger partial charge < -0.3 is 10.5 Å². The summed E-state index contributed by atoms with van der Waals surface area (Å²) in [6.07, 6.45) is 4.28. The lowest BCUT2D eigenvalue weighted by Gasteiger charge is -2.06. The summed E-state index contributed by atoms with van der Waals surface area (Å²) in [6, 6.07) is 6.76. The summed E-state index contributed by atoms with van der Waals surface area (Å²) in [5.74, 6) is 0.284. The van der Waals surface area contributed by atoms with Gasteiger partial charge in [-0.25, -0.2) is 0 Å². The van der Waals surface area contributed by atoms with Crippen molar-refractivity contribution in [2.45, 2.75) is 13.0 Å². The van der Waals surface area contributed by atoms with E-state index in [2.05, 4.69) is 10.3 Å². The number of rotatable bonds is 6. The lowest BCUT2D eigenvalue weighted by molar-refractivity contribution is 0.100. The van der Waals surface area contributed by atoms with E-state index in [4.69, 9.17) is 10.5 Å². The predicted octanol–water partition coefficient (Wildman–Crippen LogP) is 0.846. The summed E-state index contributed by atoms with van der Waals surface area (Å²) in [7, 11) is 0. The Morgan fingerprint density at radius 2 is 2.11 bits per heavy atom. The molecular weight excluding hydrogens is 232 g/mol. The first-order valence-corrected chi connectivity index (χ1v) is 5.62. The second-order valence-corrected chi connectivity index (χ2v) is 3.76. The van der Waals surface area contributed by atoms with Crippen LogP contribution in [-0.2, 0) is 6.54 Å². The van der Waals surface area contributed by atoms with Crippen LogP contribution in [0.25, 0.3) is 0 Å². The molecule has 6 nitrogen and oxygen atoms in total. The Balaban J connectivity index is 1.75. The maximum absolute atomic E-state index is 10.9. The Morgan fingerprint density at radius 1 is 1.33 bits per heavy atom. The SMILES string of the molecule is NC(=O)c1ccc(OCCCn2ccnn2)cc1. The summed E-state index contributed by atoms with van der Waals surface area (Å²) < 4.78 is 7.27. The zero-order valence-electron chi connectivity index (χ0n) is 9.82. The molecule has 2 N–H and O–H groups in total. The average Bonchev–Trinajstić information content (AvgIpc) is 2.88. The number of nitrogens with two attached hydrogens (primary N) is 1. The first kappa shape index (κ1) is 12.1. The number of aryl methyl sites for hydroxylation is 1. The van der Waals surface area contributed by atoms with Gasteiger partial charge in [0.05, 0.1) is 12.8 Å². The number of carbonyl (C=O) groups is 1. The molecular formula is C12H14N4O2. The quantitative estimate of drug-likeness (QED) is 0.766. The molecule has 0 aliphatic carbocycles. The number of ether oxygens (including phenoxy) is 1. The van der Waals surface area contributed by atoms with E-state index in [-0.39, 0.29) is 0 Å². The zero-order chi connectivity index (χ0) is 12.8. The fraction of sp³-hybridized carbons (Fsp3) is 0.250. The smallest absolute Gasteiger partial charge is 0.248 e. The second kappa shape index (κ2) is 5.81. The minimum absolute atomic E-state index is 0.437. The summed E-state index contributed by atoms with van der Waals surface area (Å²) in [5, 5.41) is 7.57. The van der Waals surface area contributed by atoms with Crippen LogP contribution < -0.4 is 10.5 Å². The first-order chi connectivity index (χ1) is 8.75. The molecule has 18 heavy (non-hydrogen) atoms. The molecule has 2 aromatic rings. The van der Waals surface area contributed by atoms with Crippen LogP contribution in [0.5, 0.6) is 5.75 Å². The lowest BCUT2D eigenvalue weighted by Crippen LogP contribution is -2.10. The van der Waals surface area contributed by atoms with Gasteiger partial charge in [-0.1, -0.05) is 5.21 Å². The van der Waals surface area contributed by atoms with E-state index in [9.17, 15) is 4.79 Å². The third-order valence-electron chi connectivity index (χ3n) is 2.41. The number of benzene rings is 1. The molecule has 0 aliphatic heterocycles. The van der Waals surface area contributed by atoms with E-state index in [0.29, 0.717) is 12.2 Å². The van der Waals surface area contributed by atoms with Gasteiger partial charge >= 0.3 is 0 Å². The van der Waals surface area contributed by atoms with Crippen molar-refractivity contribution in [1.29, 1.82) is 0 Å². The Hall–Kier alpha value is -2.37. The van der Waals surface area contributed by atoms with E-state index in [0.717, 1.165) is 18.7 Å². The highest BCUT2D eigenvalue weighted by Gasteiger charge is 2.00. The maximum Gasteiger partial charge on any atom is 0.248 e. The van der Waals surface area contributed by atoms with E-state index in [1.54, 1.807) is 35.1 Å². The van der Waals surface area contributed by atoms with Gasteiger partial charge in [0, 0.05) is 24.7 Å². The van der Waals surface area contributed by atoms with Crippen LogP contribution in [0.15, 0.2) is 36.7 Å². The first-order valence-electron chi connectivity index (χ1n) is 5.62. The molecule has 0 saturated carbocycles. The zero-order valence-corrected chi connectivity index (χ0v) is 9.82. The third-order valence-corrected chi connectivity index (χ3v) is 2.41. The molecule has 1 heterocycles. The van der Waals surface area contributed by atoms with Gasteiger partial charge in [-0.05, 0) is 24.3 Å². The molecule has 0 aliphatic rings. The molecule has 0 radical (unpaired) electrons. The van der Waals surface area contributed by atoms with E-state index >= 15 is 0 Å². The Bertz CT molecular complexity index is 493. The minimum Gasteiger partial charge on any atom is -0.494 e. The summed E-state index contributed by atoms with van der Waals surface area (Å²) in [6.45, 7) is 1.34. The van der Waals surface area contributed by atoms with Crippen molar-refractivity contribution < 1.29 is 9.53 Å². The molecule has 0 spiro atoms. The number of aromatic nitrogens is 3. The largest absolute Gasteiger partial charge is 0.494 e. The molecule has 0 atom stereocenters. The standard InChI is InChI=1S/C12H14N4O2/c13-12(17)10-2-4-11(5-3-10)18-9-1-7-16-8-6-14-15-16/h2-6,8H,1,7,9H2,(H2,13,17). The Labute approximate surface area is 104 Å². The van der Waals surface area contributed by atoms with Crippen molar-refractivity contribution in [3.05, 3.63) is 42.2 Å². The molecule has 0 bridgehead atoms. The summed E-state index contributed by atoms with van der Waals surface area (Å²) in [5.41, 5.74) is 5.62. The number of carbonyl (C=O) groups excluding carboxylic acids is 1. The van der Waals surface area contributed by atoms with Crippen LogP contribution in [0.2, 0.25) is 0 Å². The molecule has 1 amide bonds. The van der Waals surface area contributed by atoms with Crippen LogP contribution in [0.3, 0.4) is 0 Å². The van der Waals surface area contributed by atoms with Gasteiger partial charge in [-0.3, -0.25) is 9.48 Å². The Kier molecular flexibility index (Phi) is 3.90. The molecule has 0 saturated heterocycles. The minimum atomic E-state index is -0.437. The average molecular weight is 246 g/mol. The molecule has 1 aromatic heterocycles. The van der Waals surface area contributed by atoms with Crippen LogP contribution in [0.1, 0.15) is 16.8 Å². The van der Waals surface area contributed by atoms with Crippen molar-refractivity contribution in [2.75, 3.05) is 6.61 Å². The van der Waals surface area contributed by atoms with Gasteiger partial charge in [-0.2, -0.15) is 0 Å². The topological polar surface area (TPSA) is 83.0 Å². The van der Waals surface area contributed by atoms with E-state index in [1.165, 1.54) is 0 Å². The van der Waals surface area contributed by atoms with Crippen LogP contribution >= 0.6 is 0 Å². The van der Waals surface area contributed by atoms with Gasteiger partial charge in [-0.15, -0.1) is 5.10 Å². The lowest BCUT2D eigenvalue weighted by atomic mass is 10.2. The van der Waals surface area contributed by atoms with Gasteiger partial charge in [0.1, 0.15) is 5.75 Å². The van der Waals surface area contributed by atoms with Crippen molar-refractivity contribution in [2.24, 2.45) is 5.73 Å². The number of amides is 1. The van der Waals surface area contributed by atoms with Crippen LogP contribution in [0, 0.1) is 0 Å².